The number of benzene rings is 2. The number of hydrogen-bond acceptors (Lipinski definition) is 7. The van der Waals surface area contributed by atoms with Crippen LogP contribution in [0.2, 0.25) is 5.02 Å². The van der Waals surface area contributed by atoms with E-state index in [0.717, 1.165) is 0 Å². The lowest BCUT2D eigenvalue weighted by molar-refractivity contribution is -0.160. The highest BCUT2D eigenvalue weighted by atomic mass is 79.9. The first-order chi connectivity index (χ1) is 23.7. The van der Waals surface area contributed by atoms with E-state index in [4.69, 9.17) is 21.1 Å². The number of aliphatic hydroxyl groups excluding tert-OH is 1. The zero-order valence-electron chi connectivity index (χ0n) is 27.3. The number of carbonyl (C=O) groups is 4. The molecular formula is C37H43BrClN3O7. The van der Waals surface area contributed by atoms with Gasteiger partial charge in [0.2, 0.25) is 11.8 Å². The second kappa shape index (κ2) is 16.5. The lowest BCUT2D eigenvalue weighted by Gasteiger charge is -2.37. The summed E-state index contributed by atoms with van der Waals surface area (Å²) in [7, 11) is 0. The van der Waals surface area contributed by atoms with Crippen LogP contribution in [0.4, 0.5) is 5.69 Å². The third-order valence-electron chi connectivity index (χ3n) is 9.56. The minimum absolute atomic E-state index is 0.0216. The van der Waals surface area contributed by atoms with Crippen LogP contribution in [0, 0.1) is 11.8 Å². The van der Waals surface area contributed by atoms with Gasteiger partial charge >= 0.3 is 5.97 Å². The van der Waals surface area contributed by atoms with Crippen molar-refractivity contribution in [2.24, 2.45) is 11.8 Å². The van der Waals surface area contributed by atoms with Crippen LogP contribution in [-0.4, -0.2) is 82.5 Å². The number of aliphatic hydroxyl groups is 1. The van der Waals surface area contributed by atoms with Crippen LogP contribution in [0.1, 0.15) is 50.2 Å². The van der Waals surface area contributed by atoms with Gasteiger partial charge in [0, 0.05) is 41.7 Å². The number of fused-ring (bicyclic) bond motifs is 1. The molecule has 7 atom stereocenters. The molecular weight excluding hydrogens is 714 g/mol. The van der Waals surface area contributed by atoms with E-state index in [9.17, 15) is 24.3 Å². The Labute approximate surface area is 300 Å². The molecule has 3 amide bonds. The summed E-state index contributed by atoms with van der Waals surface area (Å²) in [5, 5.41) is 12.7. The molecule has 49 heavy (non-hydrogen) atoms. The molecule has 3 heterocycles. The summed E-state index contributed by atoms with van der Waals surface area (Å²) in [6.07, 6.45) is 4.62. The molecule has 0 radical (unpaired) electrons. The number of esters is 1. The Morgan fingerprint density at radius 1 is 1.12 bits per heavy atom. The molecule has 3 aliphatic heterocycles. The number of halogens is 2. The number of unbranched alkanes of at least 4 members (excludes halogenated alkanes) is 2. The summed E-state index contributed by atoms with van der Waals surface area (Å²) in [6, 6.07) is 14.9. The van der Waals surface area contributed by atoms with Crippen molar-refractivity contribution >= 4 is 56.9 Å². The molecule has 2 N–H and O–H groups in total. The van der Waals surface area contributed by atoms with Gasteiger partial charge in [-0.15, -0.1) is 13.2 Å². The van der Waals surface area contributed by atoms with Crippen LogP contribution >= 0.6 is 27.5 Å². The molecule has 2 aromatic carbocycles. The van der Waals surface area contributed by atoms with Gasteiger partial charge in [-0.1, -0.05) is 70.0 Å². The molecule has 3 saturated heterocycles. The van der Waals surface area contributed by atoms with E-state index in [-0.39, 0.29) is 55.2 Å². The fraction of sp³-hybridized carbons (Fsp3) is 0.459. The first-order valence-electron chi connectivity index (χ1n) is 16.7. The van der Waals surface area contributed by atoms with Crippen LogP contribution < -0.4 is 10.2 Å². The molecule has 12 heteroatoms. The highest BCUT2D eigenvalue weighted by molar-refractivity contribution is 9.09. The van der Waals surface area contributed by atoms with Crippen molar-refractivity contribution in [3.05, 3.63) is 90.5 Å². The van der Waals surface area contributed by atoms with Gasteiger partial charge in [-0.05, 0) is 61.9 Å². The van der Waals surface area contributed by atoms with E-state index in [1.54, 1.807) is 46.2 Å². The maximum Gasteiger partial charge on any atom is 0.313 e. The third kappa shape index (κ3) is 7.65. The zero-order chi connectivity index (χ0) is 35.1. The average Bonchev–Trinajstić information content (AvgIpc) is 3.70. The Bertz CT molecular complexity index is 1530. The van der Waals surface area contributed by atoms with Crippen LogP contribution in [0.15, 0.2) is 79.9 Å². The molecule has 0 aliphatic carbocycles. The van der Waals surface area contributed by atoms with E-state index in [1.165, 1.54) is 0 Å². The number of nitrogens with zero attached hydrogens (tertiary/aromatic N) is 2. The van der Waals surface area contributed by atoms with Crippen LogP contribution in [-0.2, 0) is 28.7 Å². The second-order valence-electron chi connectivity index (χ2n) is 12.7. The molecule has 1 unspecified atom stereocenters. The Hall–Kier alpha value is -3.51. The molecule has 2 bridgehead atoms. The van der Waals surface area contributed by atoms with Gasteiger partial charge in [0.15, 0.2) is 0 Å². The van der Waals surface area contributed by atoms with Crippen LogP contribution in [0.25, 0.3) is 0 Å². The number of rotatable bonds is 17. The van der Waals surface area contributed by atoms with Gasteiger partial charge in [0.05, 0.1) is 24.5 Å². The molecule has 262 valence electrons. The van der Waals surface area contributed by atoms with Crippen molar-refractivity contribution in [2.75, 3.05) is 31.1 Å². The quantitative estimate of drug-likeness (QED) is 0.0993. The molecule has 3 aliphatic rings. The number of allylic oxidation sites excluding steroid dienone is 1. The largest absolute Gasteiger partial charge is 0.455 e. The fourth-order valence-electron chi connectivity index (χ4n) is 7.35. The first-order valence-corrected chi connectivity index (χ1v) is 18.0. The van der Waals surface area contributed by atoms with Crippen molar-refractivity contribution in [2.45, 2.75) is 67.2 Å². The number of nitrogens with one attached hydrogen (secondary N) is 1. The lowest BCUT2D eigenvalue weighted by atomic mass is 9.70. The predicted molar refractivity (Wildman–Crippen MR) is 190 cm³/mol. The van der Waals surface area contributed by atoms with Crippen molar-refractivity contribution in [1.82, 2.24) is 10.2 Å². The predicted octanol–water partition coefficient (Wildman–Crippen LogP) is 5.14. The van der Waals surface area contributed by atoms with Crippen molar-refractivity contribution in [3.8, 4) is 0 Å². The van der Waals surface area contributed by atoms with Crippen LogP contribution in [0.3, 0.4) is 0 Å². The number of likely N-dealkylation sites (tertiary alicyclic amines) is 1. The topological polar surface area (TPSA) is 125 Å². The Morgan fingerprint density at radius 2 is 1.86 bits per heavy atom. The minimum Gasteiger partial charge on any atom is -0.455 e. The molecule has 5 rings (SSSR count). The normalized spacial score (nSPS) is 25.8. The molecule has 1 spiro atoms. The smallest absolute Gasteiger partial charge is 0.313 e. The summed E-state index contributed by atoms with van der Waals surface area (Å²) in [4.78, 5) is 58.8. The summed E-state index contributed by atoms with van der Waals surface area (Å²) >= 11 is 9.87. The van der Waals surface area contributed by atoms with Crippen molar-refractivity contribution < 1.29 is 33.8 Å². The number of ether oxygens (including phenoxy) is 2. The Balaban J connectivity index is 1.47. The molecule has 3 fully saturated rings. The second-order valence-corrected chi connectivity index (χ2v) is 14.3. The highest BCUT2D eigenvalue weighted by Crippen LogP contribution is 2.60. The Kier molecular flexibility index (Phi) is 12.4. The highest BCUT2D eigenvalue weighted by Gasteiger charge is 2.77. The summed E-state index contributed by atoms with van der Waals surface area (Å²) in [5.41, 5.74) is -0.0179. The lowest BCUT2D eigenvalue weighted by Crippen LogP contribution is -2.57. The van der Waals surface area contributed by atoms with E-state index in [1.807, 2.05) is 30.3 Å². The standard InChI is InChI=1S/C37H43BrClN3O7/c1-3-5-14-29(44)40-23-28(24-12-8-6-9-13-24)48-36(47)30-31-34(45)42(20-10-7-11-21-43)33(37(31)22-27(38)32(30)49-37)35(46)41(19-4-2)26-17-15-25(39)16-18-26/h3-4,6,8-9,12-13,15-18,27-28,30-33,43H,1-2,5,7,10-11,14,19-23H2,(H,40,44)/t27?,28-,30-,31+,32-,33-,37+/m1/s1. The van der Waals surface area contributed by atoms with E-state index >= 15 is 0 Å². The zero-order valence-corrected chi connectivity index (χ0v) is 29.7. The van der Waals surface area contributed by atoms with E-state index in [0.29, 0.717) is 48.4 Å². The van der Waals surface area contributed by atoms with Gasteiger partial charge in [-0.2, -0.15) is 0 Å². The molecule has 2 aromatic rings. The van der Waals surface area contributed by atoms with Gasteiger partial charge in [-0.25, -0.2) is 0 Å². The number of carbonyl (C=O) groups excluding carboxylic acids is 4. The van der Waals surface area contributed by atoms with Crippen molar-refractivity contribution in [3.63, 3.8) is 0 Å². The molecule has 0 saturated carbocycles. The minimum atomic E-state index is -1.29. The maximum atomic E-state index is 14.7. The SMILES string of the molecule is C=CCCC(=O)NC[C@@H](OC(=O)[C@H]1[C@@H]2O[C@@]3(CC2Br)[C@@H]1C(=O)N(CCCCCO)[C@@H]3C(=O)N(CC=C)c1ccc(Cl)cc1)c1ccccc1. The summed E-state index contributed by atoms with van der Waals surface area (Å²) in [6.45, 7) is 8.01. The summed E-state index contributed by atoms with van der Waals surface area (Å²) in [5.74, 6) is -3.46. The number of amides is 3. The maximum absolute atomic E-state index is 14.7. The van der Waals surface area contributed by atoms with Gasteiger partial charge in [0.25, 0.3) is 5.91 Å². The number of hydrogen-bond donors (Lipinski definition) is 2. The Morgan fingerprint density at radius 3 is 2.53 bits per heavy atom. The number of anilines is 1. The monoisotopic (exact) mass is 755 g/mol. The first kappa shape index (κ1) is 36.8. The van der Waals surface area contributed by atoms with Crippen LogP contribution in [0.5, 0.6) is 0 Å². The van der Waals surface area contributed by atoms with Gasteiger partial charge in [0.1, 0.15) is 17.7 Å². The van der Waals surface area contributed by atoms with E-state index < -0.39 is 41.7 Å². The summed E-state index contributed by atoms with van der Waals surface area (Å²) < 4.78 is 12.8. The number of alkyl halides is 1. The molecule has 0 aromatic heterocycles. The van der Waals surface area contributed by atoms with E-state index in [2.05, 4.69) is 34.4 Å². The average molecular weight is 757 g/mol. The third-order valence-corrected chi connectivity index (χ3v) is 10.7. The van der Waals surface area contributed by atoms with Gasteiger partial charge in [-0.3, -0.25) is 19.2 Å². The van der Waals surface area contributed by atoms with Crippen molar-refractivity contribution in [1.29, 1.82) is 0 Å². The fourth-order valence-corrected chi connectivity index (χ4v) is 8.42. The van der Waals surface area contributed by atoms with Gasteiger partial charge < -0.3 is 29.7 Å². The molecule has 10 nitrogen and oxygen atoms in total.